The van der Waals surface area contributed by atoms with Gasteiger partial charge < -0.3 is 16.0 Å². The SMILES string of the molecule is CNC(=O)CCN(C)c1ncc(N)cc1C. The Balaban J connectivity index is 2.65. The number of aromatic nitrogens is 1. The van der Waals surface area contributed by atoms with Crippen molar-refractivity contribution in [2.24, 2.45) is 0 Å². The van der Waals surface area contributed by atoms with E-state index in [1.165, 1.54) is 0 Å². The molecule has 0 fully saturated rings. The first-order valence-corrected chi connectivity index (χ1v) is 5.18. The van der Waals surface area contributed by atoms with Gasteiger partial charge in [0, 0.05) is 27.1 Å². The number of nitrogens with one attached hydrogen (secondary N) is 1. The first-order valence-electron chi connectivity index (χ1n) is 5.18. The van der Waals surface area contributed by atoms with E-state index in [0.717, 1.165) is 11.4 Å². The van der Waals surface area contributed by atoms with Gasteiger partial charge in [0.2, 0.25) is 5.91 Å². The highest BCUT2D eigenvalue weighted by molar-refractivity contribution is 5.76. The highest BCUT2D eigenvalue weighted by Gasteiger charge is 2.08. The maximum Gasteiger partial charge on any atom is 0.221 e. The van der Waals surface area contributed by atoms with E-state index < -0.39 is 0 Å². The number of amides is 1. The van der Waals surface area contributed by atoms with Crippen molar-refractivity contribution in [3.63, 3.8) is 0 Å². The molecule has 0 unspecified atom stereocenters. The maximum atomic E-state index is 11.1. The van der Waals surface area contributed by atoms with Gasteiger partial charge in [-0.3, -0.25) is 4.79 Å². The van der Waals surface area contributed by atoms with Crippen LogP contribution in [0.2, 0.25) is 0 Å². The van der Waals surface area contributed by atoms with E-state index in [1.54, 1.807) is 13.2 Å². The molecular weight excluding hydrogens is 204 g/mol. The molecule has 0 radical (unpaired) electrons. The Kier molecular flexibility index (Phi) is 4.10. The van der Waals surface area contributed by atoms with E-state index in [9.17, 15) is 4.79 Å². The lowest BCUT2D eigenvalue weighted by Gasteiger charge is -2.19. The first kappa shape index (κ1) is 12.3. The van der Waals surface area contributed by atoms with E-state index in [4.69, 9.17) is 5.73 Å². The van der Waals surface area contributed by atoms with Crippen molar-refractivity contribution in [1.29, 1.82) is 0 Å². The van der Waals surface area contributed by atoms with Crippen LogP contribution in [-0.4, -0.2) is 31.5 Å². The van der Waals surface area contributed by atoms with Crippen LogP contribution in [-0.2, 0) is 4.79 Å². The standard InChI is InChI=1S/C11H18N4O/c1-8-6-9(12)7-14-11(8)15(3)5-4-10(16)13-2/h6-7H,4-5,12H2,1-3H3,(H,13,16). The zero-order valence-electron chi connectivity index (χ0n) is 9.95. The Morgan fingerprint density at radius 1 is 1.62 bits per heavy atom. The zero-order valence-corrected chi connectivity index (χ0v) is 9.95. The average molecular weight is 222 g/mol. The predicted molar refractivity (Wildman–Crippen MR) is 65.3 cm³/mol. The Morgan fingerprint density at radius 2 is 2.31 bits per heavy atom. The molecule has 0 aliphatic rings. The number of hydrogen-bond donors (Lipinski definition) is 2. The highest BCUT2D eigenvalue weighted by Crippen LogP contribution is 2.17. The molecule has 16 heavy (non-hydrogen) atoms. The summed E-state index contributed by atoms with van der Waals surface area (Å²) in [4.78, 5) is 17.3. The summed E-state index contributed by atoms with van der Waals surface area (Å²) in [5.74, 6) is 0.887. The van der Waals surface area contributed by atoms with Crippen molar-refractivity contribution < 1.29 is 4.79 Å². The monoisotopic (exact) mass is 222 g/mol. The number of carbonyl (C=O) groups is 1. The first-order chi connectivity index (χ1) is 7.54. The van der Waals surface area contributed by atoms with Crippen LogP contribution in [0, 0.1) is 6.92 Å². The molecule has 1 amide bonds. The topological polar surface area (TPSA) is 71.2 Å². The van der Waals surface area contributed by atoms with Crippen molar-refractivity contribution in [3.8, 4) is 0 Å². The van der Waals surface area contributed by atoms with Crippen LogP contribution in [0.5, 0.6) is 0 Å². The summed E-state index contributed by atoms with van der Waals surface area (Å²) < 4.78 is 0. The molecule has 0 aromatic carbocycles. The van der Waals surface area contributed by atoms with E-state index >= 15 is 0 Å². The number of nitrogen functional groups attached to an aromatic ring is 1. The third-order valence-corrected chi connectivity index (χ3v) is 2.39. The summed E-state index contributed by atoms with van der Waals surface area (Å²) in [5, 5.41) is 2.59. The second-order valence-corrected chi connectivity index (χ2v) is 3.75. The molecule has 0 spiro atoms. The lowest BCUT2D eigenvalue weighted by atomic mass is 10.2. The van der Waals surface area contributed by atoms with Crippen LogP contribution < -0.4 is 16.0 Å². The van der Waals surface area contributed by atoms with Gasteiger partial charge in [-0.05, 0) is 18.6 Å². The third-order valence-electron chi connectivity index (χ3n) is 2.39. The minimum atomic E-state index is 0.0277. The summed E-state index contributed by atoms with van der Waals surface area (Å²) >= 11 is 0. The molecule has 0 saturated carbocycles. The quantitative estimate of drug-likeness (QED) is 0.780. The molecule has 88 valence electrons. The summed E-state index contributed by atoms with van der Waals surface area (Å²) in [7, 11) is 3.55. The van der Waals surface area contributed by atoms with Crippen molar-refractivity contribution in [3.05, 3.63) is 17.8 Å². The molecule has 1 heterocycles. The van der Waals surface area contributed by atoms with Crippen LogP contribution in [0.4, 0.5) is 11.5 Å². The van der Waals surface area contributed by atoms with Crippen molar-refractivity contribution in [2.75, 3.05) is 31.3 Å². The summed E-state index contributed by atoms with van der Waals surface area (Å²) in [6.45, 7) is 2.59. The van der Waals surface area contributed by atoms with Gasteiger partial charge in [0.25, 0.3) is 0 Å². The number of nitrogens with zero attached hydrogens (tertiary/aromatic N) is 2. The molecule has 1 rings (SSSR count). The van der Waals surface area contributed by atoms with E-state index in [2.05, 4.69) is 10.3 Å². The lowest BCUT2D eigenvalue weighted by Crippen LogP contribution is -2.27. The number of nitrogens with two attached hydrogens (primary N) is 1. The number of carbonyl (C=O) groups excluding carboxylic acids is 1. The van der Waals surface area contributed by atoms with Gasteiger partial charge in [-0.25, -0.2) is 4.98 Å². The number of pyridine rings is 1. The summed E-state index contributed by atoms with van der Waals surface area (Å²) in [6, 6.07) is 1.87. The summed E-state index contributed by atoms with van der Waals surface area (Å²) in [6.07, 6.45) is 2.08. The zero-order chi connectivity index (χ0) is 12.1. The molecule has 0 atom stereocenters. The molecule has 0 aliphatic heterocycles. The number of anilines is 2. The van der Waals surface area contributed by atoms with E-state index in [0.29, 0.717) is 18.7 Å². The second kappa shape index (κ2) is 5.34. The molecule has 1 aromatic heterocycles. The fourth-order valence-electron chi connectivity index (χ4n) is 1.49. The van der Waals surface area contributed by atoms with Crippen molar-refractivity contribution in [1.82, 2.24) is 10.3 Å². The van der Waals surface area contributed by atoms with Crippen molar-refractivity contribution in [2.45, 2.75) is 13.3 Å². The molecule has 0 bridgehead atoms. The lowest BCUT2D eigenvalue weighted by molar-refractivity contribution is -0.120. The smallest absolute Gasteiger partial charge is 0.221 e. The fraction of sp³-hybridized carbons (Fsp3) is 0.455. The largest absolute Gasteiger partial charge is 0.397 e. The molecular formula is C11H18N4O. The number of hydrogen-bond acceptors (Lipinski definition) is 4. The van der Waals surface area contributed by atoms with Gasteiger partial charge in [0.1, 0.15) is 5.82 Å². The Morgan fingerprint density at radius 3 is 2.88 bits per heavy atom. The normalized spacial score (nSPS) is 9.94. The molecule has 0 aliphatic carbocycles. The Bertz CT molecular complexity index is 378. The molecule has 1 aromatic rings. The fourth-order valence-corrected chi connectivity index (χ4v) is 1.49. The maximum absolute atomic E-state index is 11.1. The van der Waals surface area contributed by atoms with Crippen LogP contribution in [0.1, 0.15) is 12.0 Å². The van der Waals surface area contributed by atoms with Crippen LogP contribution in [0.25, 0.3) is 0 Å². The summed E-state index contributed by atoms with van der Waals surface area (Å²) in [5.41, 5.74) is 7.29. The minimum absolute atomic E-state index is 0.0277. The molecule has 3 N–H and O–H groups in total. The predicted octanol–water partition coefficient (Wildman–Crippen LogP) is 0.545. The number of aryl methyl sites for hydroxylation is 1. The Hall–Kier alpha value is -1.78. The van der Waals surface area contributed by atoms with Crippen molar-refractivity contribution >= 4 is 17.4 Å². The minimum Gasteiger partial charge on any atom is -0.397 e. The van der Waals surface area contributed by atoms with Crippen LogP contribution in [0.15, 0.2) is 12.3 Å². The van der Waals surface area contributed by atoms with Gasteiger partial charge >= 0.3 is 0 Å². The van der Waals surface area contributed by atoms with E-state index in [-0.39, 0.29) is 5.91 Å². The average Bonchev–Trinajstić information content (AvgIpc) is 2.25. The third kappa shape index (κ3) is 3.12. The van der Waals surface area contributed by atoms with Gasteiger partial charge in [0.15, 0.2) is 0 Å². The van der Waals surface area contributed by atoms with Crippen LogP contribution in [0.3, 0.4) is 0 Å². The molecule has 0 saturated heterocycles. The van der Waals surface area contributed by atoms with Gasteiger partial charge in [-0.1, -0.05) is 0 Å². The highest BCUT2D eigenvalue weighted by atomic mass is 16.1. The van der Waals surface area contributed by atoms with Gasteiger partial charge in [0.05, 0.1) is 11.9 Å². The molecule has 5 nitrogen and oxygen atoms in total. The second-order valence-electron chi connectivity index (χ2n) is 3.75. The number of rotatable bonds is 4. The van der Waals surface area contributed by atoms with Gasteiger partial charge in [-0.2, -0.15) is 0 Å². The molecule has 5 heteroatoms. The Labute approximate surface area is 95.7 Å². The van der Waals surface area contributed by atoms with Gasteiger partial charge in [-0.15, -0.1) is 0 Å². The van der Waals surface area contributed by atoms with Crippen LogP contribution >= 0.6 is 0 Å². The van der Waals surface area contributed by atoms with E-state index in [1.807, 2.05) is 24.9 Å².